The highest BCUT2D eigenvalue weighted by atomic mass is 14.9. The maximum Gasteiger partial charge on any atom is 0.0270 e. The van der Waals surface area contributed by atoms with Crippen LogP contribution in [0.4, 0.5) is 0 Å². The fraction of sp³-hybridized carbons (Fsp3) is 0.737. The van der Waals surface area contributed by atoms with E-state index in [9.17, 15) is 0 Å². The Balaban J connectivity index is 1.63. The number of hydrogen-bond donors (Lipinski definition) is 1. The predicted octanol–water partition coefficient (Wildman–Crippen LogP) is 4.21. The molecule has 4 atom stereocenters. The van der Waals surface area contributed by atoms with Crippen molar-refractivity contribution in [3.63, 3.8) is 0 Å². The number of pyridine rings is 1. The Bertz CT molecular complexity index is 417. The molecule has 1 heterocycles. The highest BCUT2D eigenvalue weighted by Gasteiger charge is 2.35. The molecule has 4 unspecified atom stereocenters. The molecule has 0 aromatic carbocycles. The summed E-state index contributed by atoms with van der Waals surface area (Å²) in [6, 6.07) is 5.01. The third-order valence-corrected chi connectivity index (χ3v) is 5.82. The zero-order valence-electron chi connectivity index (χ0n) is 13.4. The first-order valence-corrected chi connectivity index (χ1v) is 8.99. The third-order valence-electron chi connectivity index (χ3n) is 5.82. The van der Waals surface area contributed by atoms with Gasteiger partial charge in [0, 0.05) is 18.4 Å². The summed E-state index contributed by atoms with van der Waals surface area (Å²) in [7, 11) is 0. The standard InChI is InChI=1S/C19H30N2/c1-2-21-19(13-15-9-11-20-12-10-15)18-8-7-16-5-3-4-6-17(16)14-18/h9-12,16-19,21H,2-8,13-14H2,1H3. The number of fused-ring (bicyclic) bond motifs is 1. The molecule has 0 radical (unpaired) electrons. The van der Waals surface area contributed by atoms with Crippen LogP contribution in [0, 0.1) is 17.8 Å². The molecule has 2 aliphatic rings. The molecule has 1 aromatic heterocycles. The van der Waals surface area contributed by atoms with Gasteiger partial charge in [-0.3, -0.25) is 4.98 Å². The predicted molar refractivity (Wildman–Crippen MR) is 88.2 cm³/mol. The zero-order chi connectivity index (χ0) is 14.5. The Morgan fingerprint density at radius 3 is 2.62 bits per heavy atom. The van der Waals surface area contributed by atoms with Gasteiger partial charge in [-0.1, -0.05) is 32.6 Å². The van der Waals surface area contributed by atoms with Gasteiger partial charge in [0.15, 0.2) is 0 Å². The number of aromatic nitrogens is 1. The maximum atomic E-state index is 4.14. The van der Waals surface area contributed by atoms with E-state index in [1.807, 2.05) is 12.4 Å². The van der Waals surface area contributed by atoms with E-state index >= 15 is 0 Å². The molecule has 2 nitrogen and oxygen atoms in total. The number of nitrogens with zero attached hydrogens (tertiary/aromatic N) is 1. The fourth-order valence-electron chi connectivity index (χ4n) is 4.72. The van der Waals surface area contributed by atoms with Gasteiger partial charge in [-0.25, -0.2) is 0 Å². The van der Waals surface area contributed by atoms with E-state index in [0.717, 1.165) is 24.3 Å². The van der Waals surface area contributed by atoms with Gasteiger partial charge in [0.1, 0.15) is 0 Å². The van der Waals surface area contributed by atoms with Crippen LogP contribution in [0.3, 0.4) is 0 Å². The minimum Gasteiger partial charge on any atom is -0.314 e. The van der Waals surface area contributed by atoms with Gasteiger partial charge in [0.05, 0.1) is 0 Å². The molecule has 3 rings (SSSR count). The fourth-order valence-corrected chi connectivity index (χ4v) is 4.72. The van der Waals surface area contributed by atoms with Crippen molar-refractivity contribution < 1.29 is 0 Å². The maximum absolute atomic E-state index is 4.14. The van der Waals surface area contributed by atoms with Crippen LogP contribution in [0.5, 0.6) is 0 Å². The number of hydrogen-bond acceptors (Lipinski definition) is 2. The molecular weight excluding hydrogens is 256 g/mol. The minimum absolute atomic E-state index is 0.653. The second kappa shape index (κ2) is 7.40. The van der Waals surface area contributed by atoms with Crippen LogP contribution in [-0.2, 0) is 6.42 Å². The summed E-state index contributed by atoms with van der Waals surface area (Å²) in [6.07, 6.45) is 15.4. The molecule has 2 heteroatoms. The summed E-state index contributed by atoms with van der Waals surface area (Å²) in [5, 5.41) is 3.78. The van der Waals surface area contributed by atoms with Crippen LogP contribution in [0.1, 0.15) is 57.4 Å². The van der Waals surface area contributed by atoms with Gasteiger partial charge >= 0.3 is 0 Å². The number of likely N-dealkylation sites (N-methyl/N-ethyl adjacent to an activating group) is 1. The topological polar surface area (TPSA) is 24.9 Å². The normalized spacial score (nSPS) is 30.6. The first-order valence-electron chi connectivity index (χ1n) is 8.99. The van der Waals surface area contributed by atoms with Crippen molar-refractivity contribution in [2.75, 3.05) is 6.54 Å². The van der Waals surface area contributed by atoms with Crippen molar-refractivity contribution in [1.82, 2.24) is 10.3 Å². The van der Waals surface area contributed by atoms with Crippen LogP contribution < -0.4 is 5.32 Å². The molecule has 0 aliphatic heterocycles. The first-order chi connectivity index (χ1) is 10.4. The summed E-state index contributed by atoms with van der Waals surface area (Å²) in [5.41, 5.74) is 1.43. The van der Waals surface area contributed by atoms with Gasteiger partial charge in [-0.15, -0.1) is 0 Å². The molecule has 2 aliphatic carbocycles. The molecular formula is C19H30N2. The summed E-state index contributed by atoms with van der Waals surface area (Å²) >= 11 is 0. The van der Waals surface area contributed by atoms with Gasteiger partial charge in [-0.05, 0) is 67.7 Å². The lowest BCUT2D eigenvalue weighted by atomic mass is 9.65. The number of nitrogens with one attached hydrogen (secondary N) is 1. The van der Waals surface area contributed by atoms with Gasteiger partial charge < -0.3 is 5.32 Å². The van der Waals surface area contributed by atoms with Crippen molar-refractivity contribution in [3.05, 3.63) is 30.1 Å². The average molecular weight is 286 g/mol. The lowest BCUT2D eigenvalue weighted by molar-refractivity contribution is 0.109. The quantitative estimate of drug-likeness (QED) is 0.877. The average Bonchev–Trinajstić information content (AvgIpc) is 2.55. The molecule has 0 saturated heterocycles. The SMILES string of the molecule is CCNC(Cc1ccncc1)C1CCC2CCCCC2C1. The highest BCUT2D eigenvalue weighted by molar-refractivity contribution is 5.12. The van der Waals surface area contributed by atoms with Crippen molar-refractivity contribution in [1.29, 1.82) is 0 Å². The Morgan fingerprint density at radius 2 is 1.86 bits per heavy atom. The summed E-state index contributed by atoms with van der Waals surface area (Å²) < 4.78 is 0. The van der Waals surface area contributed by atoms with E-state index < -0.39 is 0 Å². The molecule has 0 spiro atoms. The Labute approximate surface area is 129 Å². The molecule has 1 N–H and O–H groups in total. The molecule has 21 heavy (non-hydrogen) atoms. The molecule has 116 valence electrons. The smallest absolute Gasteiger partial charge is 0.0270 e. The number of rotatable bonds is 5. The van der Waals surface area contributed by atoms with E-state index in [1.54, 1.807) is 0 Å². The van der Waals surface area contributed by atoms with Crippen LogP contribution >= 0.6 is 0 Å². The summed E-state index contributed by atoms with van der Waals surface area (Å²) in [4.78, 5) is 4.14. The van der Waals surface area contributed by atoms with E-state index in [-0.39, 0.29) is 0 Å². The van der Waals surface area contributed by atoms with Crippen LogP contribution in [-0.4, -0.2) is 17.6 Å². The minimum atomic E-state index is 0.653. The third kappa shape index (κ3) is 3.85. The van der Waals surface area contributed by atoms with Crippen LogP contribution in [0.25, 0.3) is 0 Å². The van der Waals surface area contributed by atoms with Crippen molar-refractivity contribution in [3.8, 4) is 0 Å². The van der Waals surface area contributed by atoms with Gasteiger partial charge in [0.25, 0.3) is 0 Å². The monoisotopic (exact) mass is 286 g/mol. The Hall–Kier alpha value is -0.890. The Kier molecular flexibility index (Phi) is 5.29. The van der Waals surface area contributed by atoms with E-state index in [0.29, 0.717) is 6.04 Å². The Morgan fingerprint density at radius 1 is 1.10 bits per heavy atom. The van der Waals surface area contributed by atoms with E-state index in [2.05, 4.69) is 29.4 Å². The van der Waals surface area contributed by atoms with E-state index in [1.165, 1.54) is 56.9 Å². The second-order valence-corrected chi connectivity index (χ2v) is 7.10. The lowest BCUT2D eigenvalue weighted by Gasteiger charge is -2.42. The second-order valence-electron chi connectivity index (χ2n) is 7.10. The first kappa shape index (κ1) is 15.0. The van der Waals surface area contributed by atoms with Crippen molar-refractivity contribution in [2.24, 2.45) is 17.8 Å². The van der Waals surface area contributed by atoms with Crippen LogP contribution in [0.2, 0.25) is 0 Å². The largest absolute Gasteiger partial charge is 0.314 e. The lowest BCUT2D eigenvalue weighted by Crippen LogP contribution is -2.42. The van der Waals surface area contributed by atoms with Crippen LogP contribution in [0.15, 0.2) is 24.5 Å². The van der Waals surface area contributed by atoms with E-state index in [4.69, 9.17) is 0 Å². The van der Waals surface area contributed by atoms with Crippen molar-refractivity contribution in [2.45, 2.75) is 64.3 Å². The van der Waals surface area contributed by atoms with Gasteiger partial charge in [-0.2, -0.15) is 0 Å². The van der Waals surface area contributed by atoms with Gasteiger partial charge in [0.2, 0.25) is 0 Å². The summed E-state index contributed by atoms with van der Waals surface area (Å²) in [6.45, 7) is 3.33. The molecule has 1 aromatic rings. The molecule has 0 amide bonds. The highest BCUT2D eigenvalue weighted by Crippen LogP contribution is 2.43. The summed E-state index contributed by atoms with van der Waals surface area (Å²) in [5.74, 6) is 2.95. The zero-order valence-corrected chi connectivity index (χ0v) is 13.4. The molecule has 2 saturated carbocycles. The molecule has 2 fully saturated rings. The molecule has 0 bridgehead atoms. The van der Waals surface area contributed by atoms with Crippen molar-refractivity contribution >= 4 is 0 Å².